The van der Waals surface area contributed by atoms with Gasteiger partial charge in [0.15, 0.2) is 6.61 Å². The number of hydrogen-bond donors (Lipinski definition) is 1. The van der Waals surface area contributed by atoms with E-state index in [-0.39, 0.29) is 18.3 Å². The van der Waals surface area contributed by atoms with E-state index in [0.717, 1.165) is 17.1 Å². The Bertz CT molecular complexity index is 896. The lowest BCUT2D eigenvalue weighted by molar-refractivity contribution is -0.113. The number of aryl methyl sites for hydroxylation is 1. The second-order valence-corrected chi connectivity index (χ2v) is 6.56. The van der Waals surface area contributed by atoms with Crippen LogP contribution < -0.4 is 14.8 Å². The summed E-state index contributed by atoms with van der Waals surface area (Å²) in [7, 11) is 1.59. The molecule has 0 bridgehead atoms. The maximum absolute atomic E-state index is 12.0. The number of amides is 1. The van der Waals surface area contributed by atoms with E-state index in [2.05, 4.69) is 15.5 Å². The van der Waals surface area contributed by atoms with Crippen LogP contribution in [0, 0.1) is 6.92 Å². The second-order valence-electron chi connectivity index (χ2n) is 5.63. The van der Waals surface area contributed by atoms with Crippen LogP contribution in [0.3, 0.4) is 0 Å². The first-order valence-corrected chi connectivity index (χ1v) is 9.19. The maximum Gasteiger partial charge on any atom is 0.277 e. The summed E-state index contributed by atoms with van der Waals surface area (Å²) in [6.45, 7) is 2.17. The van der Waals surface area contributed by atoms with Gasteiger partial charge in [-0.3, -0.25) is 4.79 Å². The van der Waals surface area contributed by atoms with Crippen LogP contribution in [0.5, 0.6) is 11.5 Å². The van der Waals surface area contributed by atoms with E-state index in [4.69, 9.17) is 13.9 Å². The summed E-state index contributed by atoms with van der Waals surface area (Å²) in [6.07, 6.45) is 0. The lowest BCUT2D eigenvalue weighted by Gasteiger charge is -2.05. The summed E-state index contributed by atoms with van der Waals surface area (Å²) in [5, 5.41) is 11.0. The fourth-order valence-electron chi connectivity index (χ4n) is 2.20. The highest BCUT2D eigenvalue weighted by Crippen LogP contribution is 2.19. The Balaban J connectivity index is 1.45. The van der Waals surface area contributed by atoms with Crippen LogP contribution in [0.25, 0.3) is 0 Å². The molecule has 3 rings (SSSR count). The lowest BCUT2D eigenvalue weighted by Crippen LogP contribution is -2.13. The third-order valence-corrected chi connectivity index (χ3v) is 4.32. The van der Waals surface area contributed by atoms with E-state index in [1.165, 1.54) is 11.8 Å². The first-order chi connectivity index (χ1) is 13.1. The van der Waals surface area contributed by atoms with Gasteiger partial charge in [-0.05, 0) is 48.9 Å². The number of carbonyl (C=O) groups is 1. The van der Waals surface area contributed by atoms with Gasteiger partial charge in [-0.25, -0.2) is 0 Å². The van der Waals surface area contributed by atoms with Crippen molar-refractivity contribution in [3.05, 3.63) is 60.0 Å². The molecule has 27 heavy (non-hydrogen) atoms. The van der Waals surface area contributed by atoms with Gasteiger partial charge in [0.05, 0.1) is 12.9 Å². The SMILES string of the molecule is COc1ccc(NC(=O)CSc2nnc(COc3cccc(C)c3)o2)cc1. The molecule has 1 N–H and O–H groups in total. The maximum atomic E-state index is 12.0. The minimum atomic E-state index is -0.166. The lowest BCUT2D eigenvalue weighted by atomic mass is 10.2. The summed E-state index contributed by atoms with van der Waals surface area (Å²) < 4.78 is 16.2. The number of anilines is 1. The Morgan fingerprint density at radius 1 is 1.15 bits per heavy atom. The van der Waals surface area contributed by atoms with Crippen LogP contribution in [-0.4, -0.2) is 29.0 Å². The molecule has 0 atom stereocenters. The number of nitrogens with zero attached hydrogens (tertiary/aromatic N) is 2. The summed E-state index contributed by atoms with van der Waals surface area (Å²) in [4.78, 5) is 12.0. The van der Waals surface area contributed by atoms with Crippen LogP contribution >= 0.6 is 11.8 Å². The molecule has 1 aromatic heterocycles. The number of ether oxygens (including phenoxy) is 2. The number of benzene rings is 2. The van der Waals surface area contributed by atoms with Crippen LogP contribution in [0.15, 0.2) is 58.2 Å². The summed E-state index contributed by atoms with van der Waals surface area (Å²) in [6, 6.07) is 14.8. The van der Waals surface area contributed by atoms with Crippen LogP contribution in [0.4, 0.5) is 5.69 Å². The zero-order chi connectivity index (χ0) is 19.1. The zero-order valence-corrected chi connectivity index (χ0v) is 15.8. The molecule has 0 spiro atoms. The van der Waals surface area contributed by atoms with Gasteiger partial charge in [0.25, 0.3) is 11.1 Å². The molecule has 0 aliphatic carbocycles. The molecule has 0 saturated heterocycles. The Labute approximate surface area is 161 Å². The van der Waals surface area contributed by atoms with Crippen molar-refractivity contribution < 1.29 is 18.7 Å². The van der Waals surface area contributed by atoms with Crippen LogP contribution in [-0.2, 0) is 11.4 Å². The Morgan fingerprint density at radius 2 is 1.96 bits per heavy atom. The summed E-state index contributed by atoms with van der Waals surface area (Å²) in [5.41, 5.74) is 1.80. The predicted octanol–water partition coefficient (Wildman–Crippen LogP) is 3.70. The smallest absolute Gasteiger partial charge is 0.277 e. The molecule has 2 aromatic carbocycles. The van der Waals surface area contributed by atoms with E-state index < -0.39 is 0 Å². The standard InChI is InChI=1S/C19H19N3O4S/c1-13-4-3-5-16(10-13)25-11-18-21-22-19(26-18)27-12-17(23)20-14-6-8-15(24-2)9-7-14/h3-10H,11-12H2,1-2H3,(H,20,23). The summed E-state index contributed by atoms with van der Waals surface area (Å²) >= 11 is 1.17. The number of nitrogens with one attached hydrogen (secondary N) is 1. The van der Waals surface area contributed by atoms with Crippen molar-refractivity contribution in [2.75, 3.05) is 18.2 Å². The topological polar surface area (TPSA) is 86.5 Å². The van der Waals surface area contributed by atoms with Gasteiger partial charge >= 0.3 is 0 Å². The normalized spacial score (nSPS) is 10.4. The molecule has 0 aliphatic rings. The minimum Gasteiger partial charge on any atom is -0.497 e. The zero-order valence-electron chi connectivity index (χ0n) is 15.0. The number of thioether (sulfide) groups is 1. The van der Waals surface area contributed by atoms with E-state index in [1.807, 2.05) is 31.2 Å². The first-order valence-electron chi connectivity index (χ1n) is 8.21. The van der Waals surface area contributed by atoms with E-state index in [9.17, 15) is 4.79 Å². The van der Waals surface area contributed by atoms with Gasteiger partial charge in [-0.2, -0.15) is 0 Å². The van der Waals surface area contributed by atoms with Crippen molar-refractivity contribution >= 4 is 23.4 Å². The highest BCUT2D eigenvalue weighted by Gasteiger charge is 2.11. The highest BCUT2D eigenvalue weighted by atomic mass is 32.2. The van der Waals surface area contributed by atoms with Gasteiger partial charge in [-0.15, -0.1) is 10.2 Å². The van der Waals surface area contributed by atoms with Crippen molar-refractivity contribution in [3.8, 4) is 11.5 Å². The molecule has 0 fully saturated rings. The van der Waals surface area contributed by atoms with Gasteiger partial charge in [0.1, 0.15) is 11.5 Å². The molecule has 0 radical (unpaired) electrons. The number of carbonyl (C=O) groups excluding carboxylic acids is 1. The number of methoxy groups -OCH3 is 1. The summed E-state index contributed by atoms with van der Waals surface area (Å²) in [5.74, 6) is 1.82. The molecule has 1 heterocycles. The van der Waals surface area contributed by atoms with Gasteiger partial charge < -0.3 is 19.2 Å². The fourth-order valence-corrected chi connectivity index (χ4v) is 2.78. The van der Waals surface area contributed by atoms with Crippen LogP contribution in [0.2, 0.25) is 0 Å². The highest BCUT2D eigenvalue weighted by molar-refractivity contribution is 7.99. The first kappa shape index (κ1) is 18.8. The van der Waals surface area contributed by atoms with Crippen molar-refractivity contribution in [3.63, 3.8) is 0 Å². The molecular formula is C19H19N3O4S. The molecule has 3 aromatic rings. The van der Waals surface area contributed by atoms with Crippen molar-refractivity contribution in [1.29, 1.82) is 0 Å². The van der Waals surface area contributed by atoms with E-state index >= 15 is 0 Å². The monoisotopic (exact) mass is 385 g/mol. The molecule has 0 aliphatic heterocycles. The Morgan fingerprint density at radius 3 is 2.70 bits per heavy atom. The van der Waals surface area contributed by atoms with Crippen molar-refractivity contribution in [1.82, 2.24) is 10.2 Å². The number of hydrogen-bond acceptors (Lipinski definition) is 7. The molecule has 1 amide bonds. The molecule has 140 valence electrons. The largest absolute Gasteiger partial charge is 0.497 e. The molecule has 8 heteroatoms. The molecule has 0 saturated carbocycles. The van der Waals surface area contributed by atoms with E-state index in [1.54, 1.807) is 31.4 Å². The van der Waals surface area contributed by atoms with Gasteiger partial charge in [0, 0.05) is 5.69 Å². The molecular weight excluding hydrogens is 366 g/mol. The number of aromatic nitrogens is 2. The van der Waals surface area contributed by atoms with Gasteiger partial charge in [0.2, 0.25) is 5.91 Å². The third-order valence-electron chi connectivity index (χ3n) is 3.50. The van der Waals surface area contributed by atoms with Crippen molar-refractivity contribution in [2.24, 2.45) is 0 Å². The average molecular weight is 385 g/mol. The molecule has 0 unspecified atom stereocenters. The van der Waals surface area contributed by atoms with E-state index in [0.29, 0.717) is 16.8 Å². The second kappa shape index (κ2) is 9.09. The van der Waals surface area contributed by atoms with Crippen LogP contribution in [0.1, 0.15) is 11.5 Å². The number of rotatable bonds is 8. The predicted molar refractivity (Wildman–Crippen MR) is 102 cm³/mol. The average Bonchev–Trinajstić information content (AvgIpc) is 3.13. The van der Waals surface area contributed by atoms with Gasteiger partial charge in [-0.1, -0.05) is 23.9 Å². The minimum absolute atomic E-state index is 0.159. The quantitative estimate of drug-likeness (QED) is 0.592. The fraction of sp³-hybridized carbons (Fsp3) is 0.211. The Hall–Kier alpha value is -3.00. The Kier molecular flexibility index (Phi) is 6.32. The van der Waals surface area contributed by atoms with Crippen molar-refractivity contribution in [2.45, 2.75) is 18.8 Å². The molecule has 7 nitrogen and oxygen atoms in total. The third kappa shape index (κ3) is 5.75.